The molecule has 1 aliphatic rings. The molecule has 2 N–H and O–H groups in total. The average molecular weight is 342 g/mol. The van der Waals surface area contributed by atoms with Crippen LogP contribution >= 0.6 is 15.9 Å². The Balaban J connectivity index is 2.09. The highest BCUT2D eigenvalue weighted by atomic mass is 79.9. The molecule has 3 unspecified atom stereocenters. The highest BCUT2D eigenvalue weighted by molar-refractivity contribution is 9.10. The van der Waals surface area contributed by atoms with E-state index >= 15 is 0 Å². The molecule has 0 spiro atoms. The molecule has 1 aromatic heterocycles. The molecule has 3 atom stereocenters. The van der Waals surface area contributed by atoms with Crippen molar-refractivity contribution in [3.8, 4) is 0 Å². The third-order valence-corrected chi connectivity index (χ3v) is 5.72. The zero-order chi connectivity index (χ0) is 14.7. The largest absolute Gasteiger partial charge is 0.327 e. The molecule has 0 bridgehead atoms. The van der Waals surface area contributed by atoms with Crippen LogP contribution in [0.4, 0.5) is 0 Å². The van der Waals surface area contributed by atoms with Gasteiger partial charge in [0.25, 0.3) is 0 Å². The van der Waals surface area contributed by atoms with Gasteiger partial charge in [-0.1, -0.05) is 26.7 Å². The normalized spacial score (nSPS) is 26.9. The van der Waals surface area contributed by atoms with Crippen molar-refractivity contribution in [1.29, 1.82) is 0 Å². The van der Waals surface area contributed by atoms with Gasteiger partial charge in [-0.25, -0.2) is 0 Å². The predicted molar refractivity (Wildman–Crippen MR) is 87.7 cm³/mol. The summed E-state index contributed by atoms with van der Waals surface area (Å²) >= 11 is 3.73. The standard InChI is InChI=1S/C16H28BrN3/c1-4-6-11-7-8-13(18)12(9-11)10-15-16(17)14(5-2)19-20(15)3/h11-13H,4-10,18H2,1-3H3. The first kappa shape index (κ1) is 16.0. The minimum Gasteiger partial charge on any atom is -0.327 e. The summed E-state index contributed by atoms with van der Waals surface area (Å²) in [4.78, 5) is 0. The number of nitrogens with zero attached hydrogens (tertiary/aromatic N) is 2. The van der Waals surface area contributed by atoms with Crippen LogP contribution in [0.2, 0.25) is 0 Å². The average Bonchev–Trinajstić information content (AvgIpc) is 2.70. The molecule has 0 amide bonds. The fourth-order valence-electron chi connectivity index (χ4n) is 3.58. The lowest BCUT2D eigenvalue weighted by molar-refractivity contribution is 0.219. The third-order valence-electron chi connectivity index (χ3n) is 4.81. The maximum absolute atomic E-state index is 6.38. The summed E-state index contributed by atoms with van der Waals surface area (Å²) < 4.78 is 3.24. The van der Waals surface area contributed by atoms with Crippen molar-refractivity contribution >= 4 is 15.9 Å². The Morgan fingerprint density at radius 1 is 1.35 bits per heavy atom. The lowest BCUT2D eigenvalue weighted by Crippen LogP contribution is -2.37. The monoisotopic (exact) mass is 341 g/mol. The molecule has 3 nitrogen and oxygen atoms in total. The van der Waals surface area contributed by atoms with Gasteiger partial charge in [0.2, 0.25) is 0 Å². The zero-order valence-corrected chi connectivity index (χ0v) is 14.6. The van der Waals surface area contributed by atoms with Crippen LogP contribution in [0.15, 0.2) is 4.47 Å². The van der Waals surface area contributed by atoms with Gasteiger partial charge in [0.1, 0.15) is 0 Å². The van der Waals surface area contributed by atoms with Crippen molar-refractivity contribution in [3.05, 3.63) is 15.9 Å². The second-order valence-corrected chi connectivity index (χ2v) is 7.07. The first-order valence-corrected chi connectivity index (χ1v) is 8.81. The smallest absolute Gasteiger partial charge is 0.0766 e. The van der Waals surface area contributed by atoms with Gasteiger partial charge in [0, 0.05) is 13.1 Å². The van der Waals surface area contributed by atoms with E-state index in [0.29, 0.717) is 12.0 Å². The quantitative estimate of drug-likeness (QED) is 0.884. The van der Waals surface area contributed by atoms with Gasteiger partial charge in [-0.15, -0.1) is 0 Å². The van der Waals surface area contributed by atoms with Gasteiger partial charge >= 0.3 is 0 Å². The third kappa shape index (κ3) is 3.45. The minimum absolute atomic E-state index is 0.356. The molecular formula is C16H28BrN3. The second kappa shape index (κ2) is 7.08. The van der Waals surface area contributed by atoms with Gasteiger partial charge in [0.05, 0.1) is 15.9 Å². The molecule has 0 saturated heterocycles. The second-order valence-electron chi connectivity index (χ2n) is 6.28. The summed E-state index contributed by atoms with van der Waals surface area (Å²) in [6.45, 7) is 4.44. The van der Waals surface area contributed by atoms with Crippen molar-refractivity contribution < 1.29 is 0 Å². The van der Waals surface area contributed by atoms with E-state index in [1.54, 1.807) is 0 Å². The lowest BCUT2D eigenvalue weighted by atomic mass is 9.75. The van der Waals surface area contributed by atoms with Crippen molar-refractivity contribution in [1.82, 2.24) is 9.78 Å². The Morgan fingerprint density at radius 2 is 2.10 bits per heavy atom. The van der Waals surface area contributed by atoms with E-state index in [2.05, 4.69) is 41.9 Å². The maximum atomic E-state index is 6.38. The van der Waals surface area contributed by atoms with Crippen molar-refractivity contribution in [3.63, 3.8) is 0 Å². The van der Waals surface area contributed by atoms with E-state index in [1.165, 1.54) is 42.3 Å². The molecule has 1 fully saturated rings. The number of hydrogen-bond acceptors (Lipinski definition) is 2. The van der Waals surface area contributed by atoms with E-state index in [-0.39, 0.29) is 0 Å². The molecule has 1 aromatic rings. The summed E-state index contributed by atoms with van der Waals surface area (Å²) in [5.74, 6) is 1.49. The van der Waals surface area contributed by atoms with Crippen LogP contribution in [0.3, 0.4) is 0 Å². The zero-order valence-electron chi connectivity index (χ0n) is 13.0. The molecule has 1 saturated carbocycles. The molecule has 4 heteroatoms. The SMILES string of the molecule is CCCC1CCC(N)C(Cc2c(Br)c(CC)nn2C)C1. The fraction of sp³-hybridized carbons (Fsp3) is 0.812. The molecule has 0 radical (unpaired) electrons. The summed E-state index contributed by atoms with van der Waals surface area (Å²) in [5.41, 5.74) is 8.86. The van der Waals surface area contributed by atoms with Crippen LogP contribution in [0, 0.1) is 11.8 Å². The summed E-state index contributed by atoms with van der Waals surface area (Å²) in [7, 11) is 2.05. The highest BCUT2D eigenvalue weighted by Crippen LogP contribution is 2.35. The molecule has 20 heavy (non-hydrogen) atoms. The van der Waals surface area contributed by atoms with Gasteiger partial charge < -0.3 is 5.73 Å². The van der Waals surface area contributed by atoms with Crippen molar-refractivity contribution in [2.75, 3.05) is 0 Å². The molecule has 2 rings (SSSR count). The van der Waals surface area contributed by atoms with Crippen LogP contribution in [0.25, 0.3) is 0 Å². The molecule has 1 aliphatic carbocycles. The number of halogens is 1. The topological polar surface area (TPSA) is 43.8 Å². The minimum atomic E-state index is 0.356. The van der Waals surface area contributed by atoms with Crippen LogP contribution in [-0.2, 0) is 19.9 Å². The van der Waals surface area contributed by atoms with E-state index in [0.717, 1.165) is 24.5 Å². The molecule has 0 aliphatic heterocycles. The van der Waals surface area contributed by atoms with E-state index < -0.39 is 0 Å². The first-order chi connectivity index (χ1) is 9.56. The van der Waals surface area contributed by atoms with E-state index in [1.807, 2.05) is 4.68 Å². The van der Waals surface area contributed by atoms with Crippen LogP contribution in [0.1, 0.15) is 57.3 Å². The Hall–Kier alpha value is -0.350. The number of hydrogen-bond donors (Lipinski definition) is 1. The van der Waals surface area contributed by atoms with Gasteiger partial charge in [-0.05, 0) is 59.9 Å². The van der Waals surface area contributed by atoms with Crippen LogP contribution in [0.5, 0.6) is 0 Å². The molecule has 114 valence electrons. The van der Waals surface area contributed by atoms with Gasteiger partial charge in [-0.2, -0.15) is 5.10 Å². The Morgan fingerprint density at radius 3 is 2.70 bits per heavy atom. The summed E-state index contributed by atoms with van der Waals surface area (Å²) in [6.07, 6.45) is 8.48. The number of rotatable bonds is 5. The molecular weight excluding hydrogens is 314 g/mol. The lowest BCUT2D eigenvalue weighted by Gasteiger charge is -2.34. The Bertz CT molecular complexity index is 441. The maximum Gasteiger partial charge on any atom is 0.0766 e. The van der Waals surface area contributed by atoms with Crippen molar-refractivity contribution in [2.24, 2.45) is 24.6 Å². The number of aromatic nitrogens is 2. The predicted octanol–water partition coefficient (Wildman–Crippen LogP) is 3.83. The first-order valence-electron chi connectivity index (χ1n) is 8.02. The van der Waals surface area contributed by atoms with Crippen LogP contribution in [-0.4, -0.2) is 15.8 Å². The van der Waals surface area contributed by atoms with Crippen LogP contribution < -0.4 is 5.73 Å². The highest BCUT2D eigenvalue weighted by Gasteiger charge is 2.29. The number of nitrogens with two attached hydrogens (primary N) is 1. The van der Waals surface area contributed by atoms with Gasteiger partial charge in [0.15, 0.2) is 0 Å². The summed E-state index contributed by atoms with van der Waals surface area (Å²) in [6, 6.07) is 0.356. The van der Waals surface area contributed by atoms with Crippen molar-refractivity contribution in [2.45, 2.75) is 64.8 Å². The summed E-state index contributed by atoms with van der Waals surface area (Å²) in [5, 5.41) is 4.60. The van der Waals surface area contributed by atoms with Gasteiger partial charge in [-0.3, -0.25) is 4.68 Å². The number of aryl methyl sites for hydroxylation is 2. The molecule has 0 aromatic carbocycles. The van der Waals surface area contributed by atoms with E-state index in [9.17, 15) is 0 Å². The Kier molecular flexibility index (Phi) is 5.67. The molecule has 1 heterocycles. The Labute approximate surface area is 131 Å². The van der Waals surface area contributed by atoms with E-state index in [4.69, 9.17) is 5.73 Å². The fourth-order valence-corrected chi connectivity index (χ4v) is 4.36.